The van der Waals surface area contributed by atoms with Crippen LogP contribution in [0.15, 0.2) is 51.8 Å². The third-order valence-corrected chi connectivity index (χ3v) is 6.35. The van der Waals surface area contributed by atoms with Crippen molar-refractivity contribution in [3.63, 3.8) is 0 Å². The molecule has 0 aromatic heterocycles. The topological polar surface area (TPSA) is 38.8 Å². The number of thioether (sulfide) groups is 1. The van der Waals surface area contributed by atoms with Gasteiger partial charge >= 0.3 is 0 Å². The zero-order valence-corrected chi connectivity index (χ0v) is 19.7. The SMILES string of the molecule is CCOc1cc(/C=C2/SC(=S)N(c3ccccc3)C2=O)c(Br)cc1O[C@H](C)CC. The highest BCUT2D eigenvalue weighted by atomic mass is 79.9. The summed E-state index contributed by atoms with van der Waals surface area (Å²) in [7, 11) is 0. The number of halogens is 1. The van der Waals surface area contributed by atoms with E-state index in [0.717, 1.165) is 22.1 Å². The van der Waals surface area contributed by atoms with Gasteiger partial charge in [0, 0.05) is 4.47 Å². The second-order valence-electron chi connectivity index (χ2n) is 6.44. The largest absolute Gasteiger partial charge is 0.490 e. The first-order chi connectivity index (χ1) is 13.9. The average Bonchev–Trinajstić information content (AvgIpc) is 2.99. The fourth-order valence-electron chi connectivity index (χ4n) is 2.73. The van der Waals surface area contributed by atoms with Crippen LogP contribution >= 0.6 is 39.9 Å². The second kappa shape index (κ2) is 9.78. The van der Waals surface area contributed by atoms with Crippen LogP contribution in [0, 0.1) is 0 Å². The van der Waals surface area contributed by atoms with Crippen LogP contribution in [-0.4, -0.2) is 22.9 Å². The molecule has 152 valence electrons. The lowest BCUT2D eigenvalue weighted by molar-refractivity contribution is -0.113. The number of carbonyl (C=O) groups is 1. The Morgan fingerprint density at radius 2 is 1.93 bits per heavy atom. The van der Waals surface area contributed by atoms with Crippen LogP contribution in [0.5, 0.6) is 11.5 Å². The molecule has 2 aromatic rings. The van der Waals surface area contributed by atoms with Gasteiger partial charge in [0.25, 0.3) is 5.91 Å². The maximum absolute atomic E-state index is 13.0. The number of thiocarbonyl (C=S) groups is 1. The Bertz CT molecular complexity index is 947. The van der Waals surface area contributed by atoms with Crippen molar-refractivity contribution in [3.05, 3.63) is 57.4 Å². The van der Waals surface area contributed by atoms with Gasteiger partial charge in [-0.05, 0) is 56.2 Å². The number of nitrogens with zero attached hydrogens (tertiary/aromatic N) is 1. The van der Waals surface area contributed by atoms with E-state index in [2.05, 4.69) is 22.9 Å². The number of hydrogen-bond acceptors (Lipinski definition) is 5. The first-order valence-corrected chi connectivity index (χ1v) is 11.4. The van der Waals surface area contributed by atoms with Gasteiger partial charge in [-0.1, -0.05) is 65.0 Å². The molecule has 2 aromatic carbocycles. The lowest BCUT2D eigenvalue weighted by Crippen LogP contribution is -2.27. The molecule has 1 aliphatic rings. The normalized spacial score (nSPS) is 16.4. The Kier molecular flexibility index (Phi) is 7.38. The molecule has 1 atom stereocenters. The highest BCUT2D eigenvalue weighted by molar-refractivity contribution is 9.10. The van der Waals surface area contributed by atoms with Gasteiger partial charge in [0.2, 0.25) is 0 Å². The van der Waals surface area contributed by atoms with Crippen LogP contribution in [0.1, 0.15) is 32.8 Å². The molecule has 0 saturated carbocycles. The van der Waals surface area contributed by atoms with Crippen molar-refractivity contribution in [3.8, 4) is 11.5 Å². The standard InChI is InChI=1S/C22H22BrNO3S2/c1-4-14(3)27-19-13-17(23)15(11-18(19)26-5-2)12-20-21(25)24(22(28)29-20)16-9-7-6-8-10-16/h6-14H,4-5H2,1-3H3/b20-12+/t14-/m1/s1. The van der Waals surface area contributed by atoms with Crippen LogP contribution in [0.2, 0.25) is 0 Å². The minimum absolute atomic E-state index is 0.0779. The van der Waals surface area contributed by atoms with Gasteiger partial charge in [0.15, 0.2) is 15.8 Å². The lowest BCUT2D eigenvalue weighted by Gasteiger charge is -2.17. The van der Waals surface area contributed by atoms with Crippen molar-refractivity contribution in [1.29, 1.82) is 0 Å². The Morgan fingerprint density at radius 3 is 2.59 bits per heavy atom. The molecule has 1 fully saturated rings. The Balaban J connectivity index is 1.94. The van der Waals surface area contributed by atoms with Crippen LogP contribution in [0.4, 0.5) is 5.69 Å². The molecular weight excluding hydrogens is 470 g/mol. The van der Waals surface area contributed by atoms with E-state index in [9.17, 15) is 4.79 Å². The molecule has 29 heavy (non-hydrogen) atoms. The van der Waals surface area contributed by atoms with Crippen molar-refractivity contribution in [2.75, 3.05) is 11.5 Å². The molecule has 0 aliphatic carbocycles. The van der Waals surface area contributed by atoms with Crippen LogP contribution < -0.4 is 14.4 Å². The van der Waals surface area contributed by atoms with E-state index >= 15 is 0 Å². The molecule has 1 amide bonds. The molecule has 4 nitrogen and oxygen atoms in total. The number of para-hydroxylation sites is 1. The first-order valence-electron chi connectivity index (χ1n) is 9.40. The lowest BCUT2D eigenvalue weighted by atomic mass is 10.1. The highest BCUT2D eigenvalue weighted by Gasteiger charge is 2.33. The summed E-state index contributed by atoms with van der Waals surface area (Å²) >= 11 is 10.3. The monoisotopic (exact) mass is 491 g/mol. The number of benzene rings is 2. The van der Waals surface area contributed by atoms with Crippen molar-refractivity contribution >= 4 is 61.9 Å². The fraction of sp³-hybridized carbons (Fsp3) is 0.273. The molecule has 0 bridgehead atoms. The summed E-state index contributed by atoms with van der Waals surface area (Å²) in [5, 5.41) is 0. The van der Waals surface area contributed by atoms with Gasteiger partial charge in [-0.25, -0.2) is 0 Å². The number of ether oxygens (including phenoxy) is 2. The van der Waals surface area contributed by atoms with E-state index in [1.165, 1.54) is 11.8 Å². The number of rotatable bonds is 7. The Morgan fingerprint density at radius 1 is 1.21 bits per heavy atom. The van der Waals surface area contributed by atoms with Gasteiger partial charge in [-0.15, -0.1) is 0 Å². The van der Waals surface area contributed by atoms with E-state index in [4.69, 9.17) is 21.7 Å². The van der Waals surface area contributed by atoms with E-state index < -0.39 is 0 Å². The molecule has 1 aliphatic heterocycles. The average molecular weight is 492 g/mol. The number of anilines is 1. The van der Waals surface area contributed by atoms with Crippen LogP contribution in [-0.2, 0) is 4.79 Å². The van der Waals surface area contributed by atoms with Gasteiger partial charge < -0.3 is 9.47 Å². The predicted octanol–water partition coefficient (Wildman–Crippen LogP) is 6.43. The van der Waals surface area contributed by atoms with Crippen LogP contribution in [0.3, 0.4) is 0 Å². The number of carbonyl (C=O) groups excluding carboxylic acids is 1. The number of hydrogen-bond donors (Lipinski definition) is 0. The fourth-order valence-corrected chi connectivity index (χ4v) is 4.46. The summed E-state index contributed by atoms with van der Waals surface area (Å²) in [4.78, 5) is 15.1. The van der Waals surface area contributed by atoms with E-state index in [1.54, 1.807) is 4.90 Å². The summed E-state index contributed by atoms with van der Waals surface area (Å²) in [5.74, 6) is 1.21. The molecule has 3 rings (SSSR count). The summed E-state index contributed by atoms with van der Waals surface area (Å²) in [6.07, 6.45) is 2.81. The molecule has 0 N–H and O–H groups in total. The van der Waals surface area contributed by atoms with Crippen molar-refractivity contribution in [1.82, 2.24) is 0 Å². The molecular formula is C22H22BrNO3S2. The summed E-state index contributed by atoms with van der Waals surface area (Å²) in [5.41, 5.74) is 1.60. The third kappa shape index (κ3) is 5.02. The van der Waals surface area contributed by atoms with Crippen LogP contribution in [0.25, 0.3) is 6.08 Å². The number of amides is 1. The van der Waals surface area contributed by atoms with Gasteiger partial charge in [0.05, 0.1) is 23.3 Å². The maximum atomic E-state index is 13.0. The summed E-state index contributed by atoms with van der Waals surface area (Å²) in [6, 6.07) is 13.2. The molecule has 0 radical (unpaired) electrons. The predicted molar refractivity (Wildman–Crippen MR) is 128 cm³/mol. The van der Waals surface area contributed by atoms with E-state index in [0.29, 0.717) is 27.3 Å². The Hall–Kier alpha value is -1.83. The minimum Gasteiger partial charge on any atom is -0.490 e. The molecule has 7 heteroatoms. The zero-order valence-electron chi connectivity index (χ0n) is 16.5. The summed E-state index contributed by atoms with van der Waals surface area (Å²) in [6.45, 7) is 6.55. The zero-order chi connectivity index (χ0) is 21.0. The minimum atomic E-state index is -0.129. The van der Waals surface area contributed by atoms with Gasteiger partial charge in [-0.3, -0.25) is 9.69 Å². The Labute approximate surface area is 189 Å². The molecule has 1 saturated heterocycles. The molecule has 0 unspecified atom stereocenters. The van der Waals surface area contributed by atoms with Gasteiger partial charge in [-0.2, -0.15) is 0 Å². The van der Waals surface area contributed by atoms with Crippen molar-refractivity contribution in [2.24, 2.45) is 0 Å². The van der Waals surface area contributed by atoms with Gasteiger partial charge in [0.1, 0.15) is 0 Å². The smallest absolute Gasteiger partial charge is 0.270 e. The van der Waals surface area contributed by atoms with E-state index in [-0.39, 0.29) is 12.0 Å². The maximum Gasteiger partial charge on any atom is 0.270 e. The molecule has 1 heterocycles. The van der Waals surface area contributed by atoms with E-state index in [1.807, 2.05) is 62.4 Å². The third-order valence-electron chi connectivity index (χ3n) is 4.36. The molecule has 0 spiro atoms. The summed E-state index contributed by atoms with van der Waals surface area (Å²) < 4.78 is 13.1. The quantitative estimate of drug-likeness (QED) is 0.329. The highest BCUT2D eigenvalue weighted by Crippen LogP contribution is 2.40. The van der Waals surface area contributed by atoms with Crippen molar-refractivity contribution < 1.29 is 14.3 Å². The first kappa shape index (κ1) is 21.9. The second-order valence-corrected chi connectivity index (χ2v) is 8.97. The van der Waals surface area contributed by atoms with Crippen molar-refractivity contribution in [2.45, 2.75) is 33.3 Å².